The molecule has 0 N–H and O–H groups in total. The van der Waals surface area contributed by atoms with E-state index in [1.165, 1.54) is 22.9 Å². The van der Waals surface area contributed by atoms with Gasteiger partial charge in [0, 0.05) is 17.7 Å². The summed E-state index contributed by atoms with van der Waals surface area (Å²) in [5.41, 5.74) is 1.30. The Kier molecular flexibility index (Phi) is 3.63. The largest absolute Gasteiger partial charge is 0.546 e. The zero-order valence-corrected chi connectivity index (χ0v) is 11.7. The van der Waals surface area contributed by atoms with Gasteiger partial charge in [-0.05, 0) is 6.07 Å². The second-order valence-electron chi connectivity index (χ2n) is 4.67. The molecule has 0 unspecified atom stereocenters. The normalized spacial score (nSPS) is 10.6. The van der Waals surface area contributed by atoms with E-state index >= 15 is 0 Å². The number of hydrogen-bond acceptors (Lipinski definition) is 6. The van der Waals surface area contributed by atoms with E-state index in [1.54, 1.807) is 24.3 Å². The maximum Gasteiger partial charge on any atom is 0.271 e. The average molecular weight is 312 g/mol. The van der Waals surface area contributed by atoms with Crippen molar-refractivity contribution in [1.29, 1.82) is 0 Å². The van der Waals surface area contributed by atoms with Crippen molar-refractivity contribution in [2.24, 2.45) is 0 Å². The molecule has 3 aromatic rings. The summed E-state index contributed by atoms with van der Waals surface area (Å²) in [6.45, 7) is -0.700. The van der Waals surface area contributed by atoms with Gasteiger partial charge in [0.15, 0.2) is 12.4 Å². The molecular formula is C15H10N3O5-. The number of nitrogens with zero attached hydrogens (tertiary/aromatic N) is 3. The summed E-state index contributed by atoms with van der Waals surface area (Å²) in [6, 6.07) is 13.0. The highest BCUT2D eigenvalue weighted by Gasteiger charge is 2.17. The number of aromatic nitrogens is 2. The average Bonchev–Trinajstić information content (AvgIpc) is 2.91. The van der Waals surface area contributed by atoms with Gasteiger partial charge in [-0.2, -0.15) is 4.73 Å². The molecule has 0 fully saturated rings. The first-order valence-electron chi connectivity index (χ1n) is 6.61. The van der Waals surface area contributed by atoms with Crippen LogP contribution in [0.25, 0.3) is 22.4 Å². The van der Waals surface area contributed by atoms with Crippen LogP contribution in [0.15, 0.2) is 48.5 Å². The standard InChI is InChI=1S/C15H11N3O5/c19-14(20)9-23-17-13-8-11(18(21)22)6-7-12(13)16-15(17)10-4-2-1-3-5-10/h1-8H,9H2,(H,19,20)/p-1. The SMILES string of the molecule is O=C([O-])COn1c(-c2ccccc2)nc2ccc([N+](=O)[O-])cc21. The van der Waals surface area contributed by atoms with Gasteiger partial charge in [0.2, 0.25) is 0 Å². The number of carboxylic acids is 1. The molecule has 0 saturated heterocycles. The van der Waals surface area contributed by atoms with Gasteiger partial charge in [0.25, 0.3) is 5.69 Å². The maximum atomic E-state index is 10.9. The Morgan fingerprint density at radius 1 is 1.22 bits per heavy atom. The summed E-state index contributed by atoms with van der Waals surface area (Å²) in [7, 11) is 0. The summed E-state index contributed by atoms with van der Waals surface area (Å²) >= 11 is 0. The summed E-state index contributed by atoms with van der Waals surface area (Å²) in [4.78, 5) is 30.6. The molecule has 23 heavy (non-hydrogen) atoms. The van der Waals surface area contributed by atoms with Crippen LogP contribution >= 0.6 is 0 Å². The van der Waals surface area contributed by atoms with E-state index in [0.29, 0.717) is 22.4 Å². The molecule has 0 saturated carbocycles. The highest BCUT2D eigenvalue weighted by Crippen LogP contribution is 2.26. The number of imidazole rings is 1. The van der Waals surface area contributed by atoms with Crippen LogP contribution in [0.2, 0.25) is 0 Å². The number of hydrogen-bond donors (Lipinski definition) is 0. The molecule has 0 atom stereocenters. The Morgan fingerprint density at radius 3 is 2.61 bits per heavy atom. The van der Waals surface area contributed by atoms with Gasteiger partial charge in [0.05, 0.1) is 16.4 Å². The minimum absolute atomic E-state index is 0.143. The van der Waals surface area contributed by atoms with E-state index in [1.807, 2.05) is 6.07 Å². The third-order valence-corrected chi connectivity index (χ3v) is 3.15. The number of carbonyl (C=O) groups excluding carboxylic acids is 1. The molecule has 0 aliphatic rings. The second kappa shape index (κ2) is 5.76. The fraction of sp³-hybridized carbons (Fsp3) is 0.0667. The van der Waals surface area contributed by atoms with Crippen molar-refractivity contribution in [2.45, 2.75) is 0 Å². The fourth-order valence-electron chi connectivity index (χ4n) is 2.17. The van der Waals surface area contributed by atoms with Crippen molar-refractivity contribution in [3.8, 4) is 11.4 Å². The number of benzene rings is 2. The van der Waals surface area contributed by atoms with Crippen molar-refractivity contribution >= 4 is 22.7 Å². The molecule has 116 valence electrons. The van der Waals surface area contributed by atoms with Crippen LogP contribution in [0.5, 0.6) is 0 Å². The van der Waals surface area contributed by atoms with Gasteiger partial charge < -0.3 is 14.7 Å². The van der Waals surface area contributed by atoms with Crippen LogP contribution in [0.1, 0.15) is 0 Å². The number of aliphatic carboxylic acids is 1. The van der Waals surface area contributed by atoms with Crippen LogP contribution < -0.4 is 9.94 Å². The van der Waals surface area contributed by atoms with Gasteiger partial charge in [-0.25, -0.2) is 4.98 Å². The van der Waals surface area contributed by atoms with Crippen LogP contribution in [-0.4, -0.2) is 27.2 Å². The Morgan fingerprint density at radius 2 is 1.96 bits per heavy atom. The molecule has 2 aromatic carbocycles. The van der Waals surface area contributed by atoms with Crippen molar-refractivity contribution < 1.29 is 19.7 Å². The number of carbonyl (C=O) groups is 1. The minimum atomic E-state index is -1.41. The Bertz CT molecular complexity index is 889. The van der Waals surface area contributed by atoms with E-state index in [9.17, 15) is 20.0 Å². The Labute approximate surface area is 129 Å². The molecule has 8 heteroatoms. The van der Waals surface area contributed by atoms with E-state index in [4.69, 9.17) is 4.84 Å². The number of nitro benzene ring substituents is 1. The lowest BCUT2D eigenvalue weighted by Crippen LogP contribution is -2.32. The van der Waals surface area contributed by atoms with Crippen LogP contribution in [0.4, 0.5) is 5.69 Å². The number of carboxylic acid groups (broad SMARTS) is 1. The van der Waals surface area contributed by atoms with Crippen LogP contribution in [0, 0.1) is 10.1 Å². The van der Waals surface area contributed by atoms with E-state index in [-0.39, 0.29) is 5.69 Å². The molecule has 3 rings (SSSR count). The lowest BCUT2D eigenvalue weighted by Gasteiger charge is -2.11. The maximum absolute atomic E-state index is 10.9. The first kappa shape index (κ1) is 14.5. The lowest BCUT2D eigenvalue weighted by molar-refractivity contribution is -0.384. The monoisotopic (exact) mass is 312 g/mol. The van der Waals surface area contributed by atoms with Crippen molar-refractivity contribution in [3.63, 3.8) is 0 Å². The van der Waals surface area contributed by atoms with Gasteiger partial charge in [-0.3, -0.25) is 10.1 Å². The van der Waals surface area contributed by atoms with Crippen LogP contribution in [0.3, 0.4) is 0 Å². The number of nitro groups is 1. The number of rotatable bonds is 5. The number of fused-ring (bicyclic) bond motifs is 1. The first-order valence-corrected chi connectivity index (χ1v) is 6.61. The topological polar surface area (TPSA) is 110 Å². The van der Waals surface area contributed by atoms with Gasteiger partial charge in [-0.1, -0.05) is 30.3 Å². The quantitative estimate of drug-likeness (QED) is 0.509. The first-order chi connectivity index (χ1) is 11.1. The zero-order valence-electron chi connectivity index (χ0n) is 11.7. The van der Waals surface area contributed by atoms with E-state index in [2.05, 4.69) is 4.98 Å². The Hall–Kier alpha value is -3.42. The summed E-state index contributed by atoms with van der Waals surface area (Å²) < 4.78 is 1.17. The lowest BCUT2D eigenvalue weighted by atomic mass is 10.2. The zero-order chi connectivity index (χ0) is 16.4. The summed E-state index contributed by atoms with van der Waals surface area (Å²) in [5.74, 6) is -1.06. The van der Waals surface area contributed by atoms with Crippen molar-refractivity contribution in [1.82, 2.24) is 9.71 Å². The third kappa shape index (κ3) is 2.82. The van der Waals surface area contributed by atoms with Crippen molar-refractivity contribution in [3.05, 3.63) is 58.6 Å². The highest BCUT2D eigenvalue weighted by molar-refractivity contribution is 5.82. The second-order valence-corrected chi connectivity index (χ2v) is 4.67. The third-order valence-electron chi connectivity index (χ3n) is 3.15. The molecule has 1 heterocycles. The molecule has 1 aromatic heterocycles. The number of non-ortho nitro benzene ring substituents is 1. The van der Waals surface area contributed by atoms with Gasteiger partial charge in [0.1, 0.15) is 5.52 Å². The molecule has 0 spiro atoms. The van der Waals surface area contributed by atoms with Gasteiger partial charge >= 0.3 is 0 Å². The van der Waals surface area contributed by atoms with Crippen LogP contribution in [-0.2, 0) is 4.79 Å². The summed E-state index contributed by atoms with van der Waals surface area (Å²) in [5, 5.41) is 21.6. The molecule has 0 radical (unpaired) electrons. The minimum Gasteiger partial charge on any atom is -0.546 e. The van der Waals surface area contributed by atoms with E-state index < -0.39 is 17.5 Å². The van der Waals surface area contributed by atoms with Crippen molar-refractivity contribution in [2.75, 3.05) is 6.61 Å². The predicted molar refractivity (Wildman–Crippen MR) is 78.3 cm³/mol. The summed E-state index contributed by atoms with van der Waals surface area (Å²) in [6.07, 6.45) is 0. The molecular weight excluding hydrogens is 302 g/mol. The smallest absolute Gasteiger partial charge is 0.271 e. The van der Waals surface area contributed by atoms with Gasteiger partial charge in [-0.15, -0.1) is 0 Å². The molecule has 0 aliphatic heterocycles. The molecule has 0 amide bonds. The predicted octanol–water partition coefficient (Wildman–Crippen LogP) is 0.790. The fourth-order valence-corrected chi connectivity index (χ4v) is 2.17. The van der Waals surface area contributed by atoms with E-state index in [0.717, 1.165) is 0 Å². The molecule has 0 bridgehead atoms. The molecule has 0 aliphatic carbocycles. The molecule has 8 nitrogen and oxygen atoms in total. The highest BCUT2D eigenvalue weighted by atomic mass is 16.7. The Balaban J connectivity index is 2.20.